The molecule has 2 heterocycles. The van der Waals surface area contributed by atoms with Crippen molar-refractivity contribution in [2.45, 2.75) is 37.9 Å². The molecule has 1 aliphatic carbocycles. The lowest BCUT2D eigenvalue weighted by Gasteiger charge is -2.34. The van der Waals surface area contributed by atoms with E-state index in [1.165, 1.54) is 5.56 Å². The summed E-state index contributed by atoms with van der Waals surface area (Å²) in [6, 6.07) is 8.48. The van der Waals surface area contributed by atoms with Crippen LogP contribution < -0.4 is 4.74 Å². The molecule has 3 atom stereocenters. The summed E-state index contributed by atoms with van der Waals surface area (Å²) in [5, 5.41) is 0. The highest BCUT2D eigenvalue weighted by Crippen LogP contribution is 2.38. The minimum atomic E-state index is 0.0519. The molecule has 1 aromatic carbocycles. The molecule has 0 saturated carbocycles. The molecule has 4 nitrogen and oxygen atoms in total. The normalized spacial score (nSPS) is 27.6. The van der Waals surface area contributed by atoms with Crippen LogP contribution in [0.3, 0.4) is 0 Å². The second-order valence-corrected chi connectivity index (χ2v) is 7.59. The largest absolute Gasteiger partial charge is 0.491 e. The lowest BCUT2D eigenvalue weighted by atomic mass is 9.71. The number of ether oxygens (including phenoxy) is 4. The van der Waals surface area contributed by atoms with Crippen molar-refractivity contribution in [2.24, 2.45) is 5.92 Å². The van der Waals surface area contributed by atoms with E-state index in [4.69, 9.17) is 18.9 Å². The van der Waals surface area contributed by atoms with Gasteiger partial charge in [0.25, 0.3) is 0 Å². The van der Waals surface area contributed by atoms with Gasteiger partial charge in [0.15, 0.2) is 0 Å². The molecule has 0 bridgehead atoms. The summed E-state index contributed by atoms with van der Waals surface area (Å²) in [6.07, 6.45) is 8.15. The van der Waals surface area contributed by atoms with E-state index in [-0.39, 0.29) is 11.5 Å². The summed E-state index contributed by atoms with van der Waals surface area (Å²) in [7, 11) is 0. The number of allylic oxidation sites excluding steroid dienone is 3. The molecule has 0 radical (unpaired) electrons. The Balaban J connectivity index is 1.34. The number of rotatable bonds is 8. The monoisotopic (exact) mass is 342 g/mol. The second kappa shape index (κ2) is 6.85. The van der Waals surface area contributed by atoms with Gasteiger partial charge in [-0.2, -0.15) is 0 Å². The van der Waals surface area contributed by atoms with Crippen LogP contribution in [0, 0.1) is 5.92 Å². The van der Waals surface area contributed by atoms with E-state index < -0.39 is 0 Å². The molecule has 0 amide bonds. The van der Waals surface area contributed by atoms with Gasteiger partial charge in [0, 0.05) is 0 Å². The third-order valence-corrected chi connectivity index (χ3v) is 5.27. The van der Waals surface area contributed by atoms with Crippen molar-refractivity contribution in [3.63, 3.8) is 0 Å². The van der Waals surface area contributed by atoms with E-state index in [1.807, 2.05) is 0 Å². The third kappa shape index (κ3) is 4.25. The van der Waals surface area contributed by atoms with Gasteiger partial charge in [-0.15, -0.1) is 0 Å². The smallest absolute Gasteiger partial charge is 0.119 e. The maximum atomic E-state index is 5.76. The van der Waals surface area contributed by atoms with E-state index in [0.717, 1.165) is 31.1 Å². The molecule has 134 valence electrons. The first-order valence-electron chi connectivity index (χ1n) is 9.09. The Labute approximate surface area is 149 Å². The van der Waals surface area contributed by atoms with Gasteiger partial charge in [-0.05, 0) is 47.6 Å². The minimum absolute atomic E-state index is 0.0519. The molecular weight excluding hydrogens is 316 g/mol. The van der Waals surface area contributed by atoms with Crippen molar-refractivity contribution >= 4 is 0 Å². The second-order valence-electron chi connectivity index (χ2n) is 7.59. The Bertz CT molecular complexity index is 651. The van der Waals surface area contributed by atoms with Gasteiger partial charge in [0.2, 0.25) is 0 Å². The number of benzene rings is 1. The molecule has 1 aromatic rings. The van der Waals surface area contributed by atoms with Crippen molar-refractivity contribution in [3.8, 4) is 5.75 Å². The van der Waals surface area contributed by atoms with Crippen LogP contribution in [-0.4, -0.2) is 38.6 Å². The van der Waals surface area contributed by atoms with Gasteiger partial charge in [-0.1, -0.05) is 32.1 Å². The zero-order valence-corrected chi connectivity index (χ0v) is 14.9. The van der Waals surface area contributed by atoms with Crippen molar-refractivity contribution in [1.82, 2.24) is 0 Å². The Morgan fingerprint density at radius 1 is 1.00 bits per heavy atom. The lowest BCUT2D eigenvalue weighted by Crippen LogP contribution is -2.28. The summed E-state index contributed by atoms with van der Waals surface area (Å²) in [5.74, 6) is 2.32. The number of hydrogen-bond acceptors (Lipinski definition) is 4. The summed E-state index contributed by atoms with van der Waals surface area (Å²) in [4.78, 5) is 0. The maximum absolute atomic E-state index is 5.76. The fraction of sp³-hybridized carbons (Fsp3) is 0.524. The van der Waals surface area contributed by atoms with Crippen molar-refractivity contribution in [2.75, 3.05) is 26.4 Å². The summed E-state index contributed by atoms with van der Waals surface area (Å²) in [5.41, 5.74) is 1.37. The number of hydrogen-bond donors (Lipinski definition) is 0. The van der Waals surface area contributed by atoms with Crippen LogP contribution in [0.2, 0.25) is 0 Å². The van der Waals surface area contributed by atoms with E-state index in [2.05, 4.69) is 56.3 Å². The maximum Gasteiger partial charge on any atom is 0.119 e. The standard InChI is InChI=1S/C21H26O4/c1-21(2,15-3-7-17(8-4-15)22-11-19-13-24-19)16-5-9-18(10-6-16)23-12-20-14-25-20/h3-5,7-10,16,19-20H,6,11-14H2,1-2H3. The molecule has 2 fully saturated rings. The molecule has 3 unspecified atom stereocenters. The molecule has 0 spiro atoms. The van der Waals surface area contributed by atoms with Crippen LogP contribution in [0.4, 0.5) is 0 Å². The quantitative estimate of drug-likeness (QED) is 0.677. The highest BCUT2D eigenvalue weighted by atomic mass is 16.6. The average molecular weight is 342 g/mol. The van der Waals surface area contributed by atoms with Gasteiger partial charge in [0.05, 0.1) is 13.2 Å². The van der Waals surface area contributed by atoms with Crippen LogP contribution >= 0.6 is 0 Å². The van der Waals surface area contributed by atoms with Crippen molar-refractivity contribution in [3.05, 3.63) is 53.8 Å². The van der Waals surface area contributed by atoms with Crippen LogP contribution in [0.25, 0.3) is 0 Å². The highest BCUT2D eigenvalue weighted by molar-refractivity contribution is 5.34. The van der Waals surface area contributed by atoms with Gasteiger partial charge >= 0.3 is 0 Å². The van der Waals surface area contributed by atoms with Gasteiger partial charge < -0.3 is 18.9 Å². The Kier molecular flexibility index (Phi) is 4.57. The topological polar surface area (TPSA) is 43.5 Å². The predicted molar refractivity (Wildman–Crippen MR) is 95.7 cm³/mol. The third-order valence-electron chi connectivity index (χ3n) is 5.27. The average Bonchev–Trinajstić information content (AvgIpc) is 3.54. The van der Waals surface area contributed by atoms with E-state index in [1.54, 1.807) is 0 Å². The minimum Gasteiger partial charge on any atom is -0.491 e. The van der Waals surface area contributed by atoms with Crippen LogP contribution in [0.15, 0.2) is 48.3 Å². The predicted octanol–water partition coefficient (Wildman–Crippen LogP) is 3.62. The van der Waals surface area contributed by atoms with E-state index in [9.17, 15) is 0 Å². The first kappa shape index (κ1) is 16.7. The Hall–Kier alpha value is -1.78. The molecule has 2 aliphatic heterocycles. The Morgan fingerprint density at radius 2 is 1.64 bits per heavy atom. The molecule has 0 N–H and O–H groups in total. The first-order valence-corrected chi connectivity index (χ1v) is 9.09. The zero-order chi connectivity index (χ0) is 17.3. The van der Waals surface area contributed by atoms with Crippen molar-refractivity contribution < 1.29 is 18.9 Å². The molecule has 0 aromatic heterocycles. The molecule has 2 saturated heterocycles. The Morgan fingerprint density at radius 3 is 2.20 bits per heavy atom. The van der Waals surface area contributed by atoms with Gasteiger partial charge in [0.1, 0.15) is 36.9 Å². The molecule has 4 heteroatoms. The van der Waals surface area contributed by atoms with Gasteiger partial charge in [-0.25, -0.2) is 0 Å². The molecular formula is C21H26O4. The van der Waals surface area contributed by atoms with E-state index in [0.29, 0.717) is 25.2 Å². The van der Waals surface area contributed by atoms with E-state index >= 15 is 0 Å². The first-order chi connectivity index (χ1) is 12.1. The number of epoxide rings is 2. The summed E-state index contributed by atoms with van der Waals surface area (Å²) >= 11 is 0. The van der Waals surface area contributed by atoms with Crippen LogP contribution in [-0.2, 0) is 19.6 Å². The molecule has 3 aliphatic rings. The van der Waals surface area contributed by atoms with Crippen LogP contribution in [0.5, 0.6) is 5.75 Å². The molecule has 25 heavy (non-hydrogen) atoms. The zero-order valence-electron chi connectivity index (χ0n) is 14.9. The fourth-order valence-corrected chi connectivity index (χ4v) is 3.14. The summed E-state index contributed by atoms with van der Waals surface area (Å²) in [6.45, 7) is 7.57. The van der Waals surface area contributed by atoms with Crippen LogP contribution in [0.1, 0.15) is 25.8 Å². The van der Waals surface area contributed by atoms with Crippen molar-refractivity contribution in [1.29, 1.82) is 0 Å². The SMILES string of the molecule is CC(C)(c1ccc(OCC2CO2)cc1)C1C=CC(OCC2CO2)=CC1. The fourth-order valence-electron chi connectivity index (χ4n) is 3.14. The van der Waals surface area contributed by atoms with Gasteiger partial charge in [-0.3, -0.25) is 0 Å². The highest BCUT2D eigenvalue weighted by Gasteiger charge is 2.31. The lowest BCUT2D eigenvalue weighted by molar-refractivity contribution is 0.189. The summed E-state index contributed by atoms with van der Waals surface area (Å²) < 4.78 is 21.9. The molecule has 4 rings (SSSR count).